The van der Waals surface area contributed by atoms with Crippen LogP contribution >= 0.6 is 50.5 Å². The van der Waals surface area contributed by atoms with Crippen molar-refractivity contribution in [3.05, 3.63) is 54.6 Å². The third-order valence-electron chi connectivity index (χ3n) is 3.22. The van der Waals surface area contributed by atoms with E-state index in [0.29, 0.717) is 21.5 Å². The molecule has 2 nitrogen and oxygen atoms in total. The average molecular weight is 407 g/mol. The van der Waals surface area contributed by atoms with E-state index in [0.717, 1.165) is 10.0 Å². The van der Waals surface area contributed by atoms with E-state index in [1.165, 1.54) is 11.3 Å². The normalized spacial score (nSPS) is 11.5. The number of hydrogen-bond acceptors (Lipinski definition) is 2. The van der Waals surface area contributed by atoms with Crippen molar-refractivity contribution in [2.45, 2.75) is 19.3 Å². The highest BCUT2D eigenvalue weighted by Gasteiger charge is 2.23. The molecule has 0 radical (unpaired) electrons. The summed E-state index contributed by atoms with van der Waals surface area (Å²) in [7, 11) is 0. The highest BCUT2D eigenvalue weighted by molar-refractivity contribution is 9.10. The van der Waals surface area contributed by atoms with Crippen molar-refractivity contribution < 1.29 is 4.79 Å². The van der Waals surface area contributed by atoms with E-state index >= 15 is 0 Å². The molecule has 0 saturated heterocycles. The van der Waals surface area contributed by atoms with Gasteiger partial charge in [0.05, 0.1) is 10.0 Å². The molecule has 1 aromatic carbocycles. The maximum Gasteiger partial charge on any atom is 0.262 e. The van der Waals surface area contributed by atoms with Crippen LogP contribution in [0.1, 0.15) is 29.1 Å². The van der Waals surface area contributed by atoms with Crippen LogP contribution in [0.3, 0.4) is 0 Å². The van der Waals surface area contributed by atoms with Crippen molar-refractivity contribution in [3.8, 4) is 0 Å². The minimum atomic E-state index is -0.242. The van der Waals surface area contributed by atoms with Gasteiger partial charge in [-0.25, -0.2) is 0 Å². The quantitative estimate of drug-likeness (QED) is 0.710. The Balaban J connectivity index is 2.09. The van der Waals surface area contributed by atoms with E-state index in [4.69, 9.17) is 23.2 Å². The maximum atomic E-state index is 12.1. The Bertz CT molecular complexity index is 669. The number of nitrogens with one attached hydrogen (secondary N) is 1. The molecular formula is C15H14BrCl2NOS. The fraction of sp³-hybridized carbons (Fsp3) is 0.267. The van der Waals surface area contributed by atoms with Gasteiger partial charge in [-0.05, 0) is 45.1 Å². The first-order chi connectivity index (χ1) is 9.81. The number of carbonyl (C=O) groups excluding carboxylic acids is 1. The van der Waals surface area contributed by atoms with Crippen LogP contribution in [0.4, 0.5) is 0 Å². The highest BCUT2D eigenvalue weighted by atomic mass is 79.9. The molecule has 0 bridgehead atoms. The first-order valence-corrected chi connectivity index (χ1v) is 8.71. The lowest BCUT2D eigenvalue weighted by Crippen LogP contribution is -2.36. The summed E-state index contributed by atoms with van der Waals surface area (Å²) in [6.07, 6.45) is 0. The minimum Gasteiger partial charge on any atom is -0.350 e. The van der Waals surface area contributed by atoms with Crippen LogP contribution in [-0.2, 0) is 5.41 Å². The Hall–Kier alpha value is -0.550. The standard InChI is InChI=1S/C15H14BrCl2NOS/c1-15(2,9-3-4-11(17)12(18)7-9)8-19-14(20)13-10(16)5-6-21-13/h3-7H,8H2,1-2H3,(H,19,20). The number of halogens is 3. The maximum absolute atomic E-state index is 12.1. The van der Waals surface area contributed by atoms with E-state index in [1.807, 2.05) is 23.6 Å². The topological polar surface area (TPSA) is 29.1 Å². The van der Waals surface area contributed by atoms with Crippen LogP contribution in [-0.4, -0.2) is 12.5 Å². The third kappa shape index (κ3) is 4.01. The van der Waals surface area contributed by atoms with Crippen molar-refractivity contribution in [2.24, 2.45) is 0 Å². The minimum absolute atomic E-state index is 0.0787. The molecule has 112 valence electrons. The Kier molecular flexibility index (Phi) is 5.36. The lowest BCUT2D eigenvalue weighted by atomic mass is 9.84. The average Bonchev–Trinajstić information content (AvgIpc) is 2.85. The van der Waals surface area contributed by atoms with Gasteiger partial charge in [0.15, 0.2) is 0 Å². The Morgan fingerprint density at radius 1 is 1.29 bits per heavy atom. The summed E-state index contributed by atoms with van der Waals surface area (Å²) >= 11 is 16.8. The summed E-state index contributed by atoms with van der Waals surface area (Å²) in [4.78, 5) is 12.8. The Labute approximate surface area is 146 Å². The van der Waals surface area contributed by atoms with Crippen molar-refractivity contribution in [1.29, 1.82) is 0 Å². The molecule has 2 rings (SSSR count). The smallest absolute Gasteiger partial charge is 0.262 e. The van der Waals surface area contributed by atoms with Gasteiger partial charge < -0.3 is 5.32 Å². The van der Waals surface area contributed by atoms with Crippen LogP contribution in [0.25, 0.3) is 0 Å². The first-order valence-electron chi connectivity index (χ1n) is 6.28. The zero-order valence-electron chi connectivity index (χ0n) is 11.5. The van der Waals surface area contributed by atoms with E-state index < -0.39 is 0 Å². The zero-order valence-corrected chi connectivity index (χ0v) is 15.5. The SMILES string of the molecule is CC(C)(CNC(=O)c1sccc1Br)c1ccc(Cl)c(Cl)c1. The summed E-state index contributed by atoms with van der Waals surface area (Å²) in [5.41, 5.74) is 0.788. The molecule has 0 aliphatic heterocycles. The molecule has 0 atom stereocenters. The van der Waals surface area contributed by atoms with E-state index in [9.17, 15) is 4.79 Å². The molecule has 1 amide bonds. The van der Waals surface area contributed by atoms with E-state index in [2.05, 4.69) is 35.1 Å². The fourth-order valence-electron chi connectivity index (χ4n) is 1.86. The molecule has 1 aromatic heterocycles. The first kappa shape index (κ1) is 16.8. The molecule has 0 aliphatic carbocycles. The summed E-state index contributed by atoms with van der Waals surface area (Å²) < 4.78 is 0.817. The van der Waals surface area contributed by atoms with Crippen LogP contribution in [0.2, 0.25) is 10.0 Å². The van der Waals surface area contributed by atoms with Gasteiger partial charge in [-0.2, -0.15) is 0 Å². The second-order valence-electron chi connectivity index (χ2n) is 5.29. The number of thiophene rings is 1. The fourth-order valence-corrected chi connectivity index (χ4v) is 3.62. The van der Waals surface area contributed by atoms with E-state index in [1.54, 1.807) is 6.07 Å². The van der Waals surface area contributed by atoms with Gasteiger partial charge in [0.25, 0.3) is 5.91 Å². The Morgan fingerprint density at radius 3 is 2.57 bits per heavy atom. The number of carbonyl (C=O) groups is 1. The summed E-state index contributed by atoms with van der Waals surface area (Å²) in [5.74, 6) is -0.0787. The Morgan fingerprint density at radius 2 is 2.00 bits per heavy atom. The number of rotatable bonds is 4. The number of benzene rings is 1. The van der Waals surface area contributed by atoms with Crippen molar-refractivity contribution >= 4 is 56.4 Å². The molecule has 2 aromatic rings. The number of amides is 1. The summed E-state index contributed by atoms with van der Waals surface area (Å²) in [6, 6.07) is 7.42. The predicted molar refractivity (Wildman–Crippen MR) is 93.8 cm³/mol. The third-order valence-corrected chi connectivity index (χ3v) is 5.79. The highest BCUT2D eigenvalue weighted by Crippen LogP contribution is 2.30. The van der Waals surface area contributed by atoms with Gasteiger partial charge >= 0.3 is 0 Å². The second-order valence-corrected chi connectivity index (χ2v) is 7.88. The van der Waals surface area contributed by atoms with Gasteiger partial charge in [0.1, 0.15) is 4.88 Å². The van der Waals surface area contributed by atoms with E-state index in [-0.39, 0.29) is 11.3 Å². The zero-order chi connectivity index (χ0) is 15.6. The molecule has 1 heterocycles. The van der Waals surface area contributed by atoms with Gasteiger partial charge in [0, 0.05) is 16.4 Å². The molecule has 0 fully saturated rings. The van der Waals surface area contributed by atoms with Crippen molar-refractivity contribution in [3.63, 3.8) is 0 Å². The van der Waals surface area contributed by atoms with Crippen LogP contribution < -0.4 is 5.32 Å². The molecular weight excluding hydrogens is 393 g/mol. The second kappa shape index (κ2) is 6.69. The molecule has 0 spiro atoms. The molecule has 0 saturated carbocycles. The van der Waals surface area contributed by atoms with Crippen LogP contribution in [0.5, 0.6) is 0 Å². The van der Waals surface area contributed by atoms with Crippen LogP contribution in [0, 0.1) is 0 Å². The van der Waals surface area contributed by atoms with Crippen molar-refractivity contribution in [1.82, 2.24) is 5.32 Å². The summed E-state index contributed by atoms with van der Waals surface area (Å²) in [6.45, 7) is 4.61. The monoisotopic (exact) mass is 405 g/mol. The lowest BCUT2D eigenvalue weighted by Gasteiger charge is -2.26. The number of hydrogen-bond donors (Lipinski definition) is 1. The van der Waals surface area contributed by atoms with Gasteiger partial charge in [-0.3, -0.25) is 4.79 Å². The largest absolute Gasteiger partial charge is 0.350 e. The molecule has 1 N–H and O–H groups in total. The van der Waals surface area contributed by atoms with Gasteiger partial charge in [0.2, 0.25) is 0 Å². The van der Waals surface area contributed by atoms with Gasteiger partial charge in [-0.15, -0.1) is 11.3 Å². The molecule has 6 heteroatoms. The molecule has 21 heavy (non-hydrogen) atoms. The lowest BCUT2D eigenvalue weighted by molar-refractivity contribution is 0.0949. The molecule has 0 unspecified atom stereocenters. The van der Waals surface area contributed by atoms with Gasteiger partial charge in [-0.1, -0.05) is 43.1 Å². The molecule has 0 aliphatic rings. The predicted octanol–water partition coefficient (Wildman–Crippen LogP) is 5.53. The van der Waals surface area contributed by atoms with Crippen LogP contribution in [0.15, 0.2) is 34.1 Å². The van der Waals surface area contributed by atoms with Crippen molar-refractivity contribution in [2.75, 3.05) is 6.54 Å². The summed E-state index contributed by atoms with van der Waals surface area (Å²) in [5, 5.41) is 5.90.